The summed E-state index contributed by atoms with van der Waals surface area (Å²) >= 11 is 1.66. The van der Waals surface area contributed by atoms with Gasteiger partial charge in [0.25, 0.3) is 0 Å². The van der Waals surface area contributed by atoms with Gasteiger partial charge in [0.1, 0.15) is 6.33 Å². The van der Waals surface area contributed by atoms with E-state index < -0.39 is 0 Å². The molecular formula is C28H19IrN4S-. The summed E-state index contributed by atoms with van der Waals surface area (Å²) in [6.45, 7) is 2.03. The van der Waals surface area contributed by atoms with Gasteiger partial charge in [-0.15, -0.1) is 18.2 Å². The van der Waals surface area contributed by atoms with E-state index in [1.54, 1.807) is 17.7 Å². The first-order valence-corrected chi connectivity index (χ1v) is 11.5. The van der Waals surface area contributed by atoms with Crippen LogP contribution in [0.2, 0.25) is 0 Å². The van der Waals surface area contributed by atoms with Gasteiger partial charge in [-0.2, -0.15) is 16.4 Å². The fourth-order valence-corrected chi connectivity index (χ4v) is 5.13. The van der Waals surface area contributed by atoms with Gasteiger partial charge in [-0.3, -0.25) is 14.6 Å². The van der Waals surface area contributed by atoms with Crippen LogP contribution in [0.1, 0.15) is 5.01 Å². The van der Waals surface area contributed by atoms with Gasteiger partial charge < -0.3 is 0 Å². The number of aryl methyl sites for hydroxylation is 1. The van der Waals surface area contributed by atoms with Crippen molar-refractivity contribution in [1.29, 1.82) is 0 Å². The zero-order chi connectivity index (χ0) is 22.2. The fraction of sp³-hybridized carbons (Fsp3) is 0.0357. The molecular weight excluding hydrogens is 617 g/mol. The van der Waals surface area contributed by atoms with E-state index in [2.05, 4.69) is 77.8 Å². The molecule has 6 aromatic rings. The summed E-state index contributed by atoms with van der Waals surface area (Å²) < 4.78 is 3.02. The van der Waals surface area contributed by atoms with Crippen LogP contribution in [0.4, 0.5) is 0 Å². The van der Waals surface area contributed by atoms with E-state index in [0.717, 1.165) is 54.6 Å². The van der Waals surface area contributed by atoms with Crippen molar-refractivity contribution < 1.29 is 20.1 Å². The molecule has 1 radical (unpaired) electrons. The minimum Gasteiger partial charge on any atom is -0.264 e. The maximum absolute atomic E-state index is 4.72. The Morgan fingerprint density at radius 3 is 2.09 bits per heavy atom. The van der Waals surface area contributed by atoms with Gasteiger partial charge in [-0.05, 0) is 28.3 Å². The summed E-state index contributed by atoms with van der Waals surface area (Å²) in [5.41, 5.74) is 7.31. The number of hydrogen-bond acceptors (Lipinski definition) is 4. The van der Waals surface area contributed by atoms with E-state index in [1.807, 2.05) is 35.9 Å². The van der Waals surface area contributed by atoms with Crippen molar-refractivity contribution in [2.24, 2.45) is 0 Å². The zero-order valence-electron chi connectivity index (χ0n) is 18.3. The maximum Gasteiger partial charge on any atom is 0.127 e. The average molecular weight is 636 g/mol. The topological polar surface area (TPSA) is 43.6 Å². The van der Waals surface area contributed by atoms with Gasteiger partial charge in [-0.1, -0.05) is 84.4 Å². The quantitative estimate of drug-likeness (QED) is 0.196. The van der Waals surface area contributed by atoms with Crippen LogP contribution < -0.4 is 0 Å². The van der Waals surface area contributed by atoms with Crippen LogP contribution in [0, 0.1) is 13.0 Å². The van der Waals surface area contributed by atoms with E-state index in [4.69, 9.17) is 10.1 Å². The number of nitrogens with zero attached hydrogens (tertiary/aromatic N) is 4. The van der Waals surface area contributed by atoms with E-state index in [1.165, 1.54) is 0 Å². The molecule has 4 aromatic carbocycles. The second-order valence-corrected chi connectivity index (χ2v) is 8.93. The van der Waals surface area contributed by atoms with Crippen molar-refractivity contribution in [2.45, 2.75) is 6.92 Å². The molecule has 6 heteroatoms. The molecule has 6 rings (SSSR count). The Hall–Kier alpha value is -3.44. The van der Waals surface area contributed by atoms with Gasteiger partial charge in [0.2, 0.25) is 0 Å². The van der Waals surface area contributed by atoms with E-state index in [-0.39, 0.29) is 20.1 Å². The Kier molecular flexibility index (Phi) is 6.20. The number of benzene rings is 4. The SMILES string of the molecule is Cc1nc2cc[c-]c(-c3ncnn3-c3c(-c4ccccc4)cccc3-c3ccccc3)c2s1.[Ir]. The average Bonchev–Trinajstić information content (AvgIpc) is 3.50. The van der Waals surface area contributed by atoms with E-state index in [9.17, 15) is 0 Å². The number of rotatable bonds is 4. The van der Waals surface area contributed by atoms with Gasteiger partial charge in [0, 0.05) is 31.2 Å². The van der Waals surface area contributed by atoms with Crippen molar-refractivity contribution in [2.75, 3.05) is 0 Å². The Labute approximate surface area is 215 Å². The van der Waals surface area contributed by atoms with Gasteiger partial charge in [0.05, 0.1) is 16.5 Å². The van der Waals surface area contributed by atoms with E-state index >= 15 is 0 Å². The Morgan fingerprint density at radius 2 is 1.44 bits per heavy atom. The van der Waals surface area contributed by atoms with Crippen molar-refractivity contribution in [3.63, 3.8) is 0 Å². The normalized spacial score (nSPS) is 10.9. The van der Waals surface area contributed by atoms with Crippen LogP contribution in [0.5, 0.6) is 0 Å². The van der Waals surface area contributed by atoms with Crippen LogP contribution in [0.15, 0.2) is 97.3 Å². The molecule has 0 unspecified atom stereocenters. The second-order valence-electron chi connectivity index (χ2n) is 7.73. The van der Waals surface area contributed by atoms with Gasteiger partial charge >= 0.3 is 0 Å². The fourth-order valence-electron chi connectivity index (χ4n) is 4.22. The van der Waals surface area contributed by atoms with Gasteiger partial charge in [-0.25, -0.2) is 0 Å². The minimum absolute atomic E-state index is 0. The molecule has 0 aliphatic heterocycles. The molecule has 0 spiro atoms. The smallest absolute Gasteiger partial charge is 0.127 e. The van der Waals surface area contributed by atoms with Crippen LogP contribution in [-0.2, 0) is 20.1 Å². The van der Waals surface area contributed by atoms with Gasteiger partial charge in [0.15, 0.2) is 0 Å². The summed E-state index contributed by atoms with van der Waals surface area (Å²) in [5, 5.41) is 5.74. The number of fused-ring (bicyclic) bond motifs is 1. The molecule has 4 nitrogen and oxygen atoms in total. The zero-order valence-corrected chi connectivity index (χ0v) is 21.5. The molecule has 0 fully saturated rings. The predicted octanol–water partition coefficient (Wildman–Crippen LogP) is 6.98. The van der Waals surface area contributed by atoms with E-state index in [0.29, 0.717) is 0 Å². The molecule has 0 atom stereocenters. The summed E-state index contributed by atoms with van der Waals surface area (Å²) in [5.74, 6) is 0.754. The van der Waals surface area contributed by atoms with Crippen LogP contribution in [0.3, 0.4) is 0 Å². The molecule has 0 aliphatic carbocycles. The monoisotopic (exact) mass is 636 g/mol. The summed E-state index contributed by atoms with van der Waals surface area (Å²) in [6, 6.07) is 34.5. The van der Waals surface area contributed by atoms with Crippen molar-refractivity contribution in [1.82, 2.24) is 19.7 Å². The number of aromatic nitrogens is 4. The van der Waals surface area contributed by atoms with Crippen molar-refractivity contribution >= 4 is 21.6 Å². The molecule has 2 heterocycles. The number of thiazole rings is 1. The summed E-state index contributed by atoms with van der Waals surface area (Å²) in [4.78, 5) is 9.35. The molecule has 0 saturated heterocycles. The first-order valence-electron chi connectivity index (χ1n) is 10.7. The third-order valence-corrected chi connectivity index (χ3v) is 6.65. The Balaban J connectivity index is 0.00000241. The first-order chi connectivity index (χ1) is 16.3. The molecule has 2 aromatic heterocycles. The third-order valence-electron chi connectivity index (χ3n) is 5.65. The third kappa shape index (κ3) is 3.90. The Morgan fingerprint density at radius 1 is 0.794 bits per heavy atom. The molecule has 0 bridgehead atoms. The molecule has 34 heavy (non-hydrogen) atoms. The minimum atomic E-state index is 0. The predicted molar refractivity (Wildman–Crippen MR) is 134 cm³/mol. The van der Waals surface area contributed by atoms with Crippen molar-refractivity contribution in [3.05, 3.63) is 108 Å². The van der Waals surface area contributed by atoms with Crippen LogP contribution in [0.25, 0.3) is 49.5 Å². The Bertz CT molecular complexity index is 1510. The number of hydrogen-bond donors (Lipinski definition) is 0. The molecule has 0 amide bonds. The molecule has 0 N–H and O–H groups in total. The first kappa shape index (κ1) is 22.4. The molecule has 167 valence electrons. The van der Waals surface area contributed by atoms with Crippen LogP contribution >= 0.6 is 11.3 Å². The summed E-state index contributed by atoms with van der Waals surface area (Å²) in [6.07, 6.45) is 1.62. The van der Waals surface area contributed by atoms with Crippen molar-refractivity contribution in [3.8, 4) is 39.3 Å². The second kappa shape index (κ2) is 9.43. The molecule has 0 saturated carbocycles. The van der Waals surface area contributed by atoms with Crippen LogP contribution in [-0.4, -0.2) is 19.7 Å². The maximum atomic E-state index is 4.72. The standard InChI is InChI=1S/C28H19N4S.Ir/c1-19-31-25-17-9-16-24(27(25)33-19)28-29-18-30-32(28)26-22(20-10-4-2-5-11-20)14-8-15-23(26)21-12-6-3-7-13-21;/h2-15,17-18H,1H3;/q-1;. The summed E-state index contributed by atoms with van der Waals surface area (Å²) in [7, 11) is 0. The molecule has 0 aliphatic rings. The number of para-hydroxylation sites is 1. The largest absolute Gasteiger partial charge is 0.264 e.